The van der Waals surface area contributed by atoms with Crippen LogP contribution in [-0.4, -0.2) is 24.7 Å². The van der Waals surface area contributed by atoms with Crippen molar-refractivity contribution in [3.05, 3.63) is 23.3 Å². The van der Waals surface area contributed by atoms with Gasteiger partial charge in [-0.05, 0) is 6.92 Å². The molecule has 0 aromatic rings. The summed E-state index contributed by atoms with van der Waals surface area (Å²) in [5.74, 6) is -1.48. The number of ether oxygens (including phenoxy) is 1. The molecule has 0 radical (unpaired) electrons. The fourth-order valence-corrected chi connectivity index (χ4v) is 1.15. The molecule has 0 unspecified atom stereocenters. The van der Waals surface area contributed by atoms with Crippen molar-refractivity contribution >= 4 is 17.6 Å². The van der Waals surface area contributed by atoms with E-state index in [1.807, 2.05) is 0 Å². The molecule has 1 rings (SSSR count). The summed E-state index contributed by atoms with van der Waals surface area (Å²) in [6.45, 7) is 5.12. The molecule has 0 saturated carbocycles. The number of esters is 1. The normalized spacial score (nSPS) is 15.9. The molecule has 0 aromatic heterocycles. The zero-order chi connectivity index (χ0) is 11.6. The number of hydrogen-bond acceptors (Lipinski definition) is 4. The van der Waals surface area contributed by atoms with Gasteiger partial charge in [0.25, 0.3) is 5.91 Å². The minimum Gasteiger partial charge on any atom is -0.465 e. The molecule has 0 bridgehead atoms. The maximum absolute atomic E-state index is 11.3. The third-order valence-corrected chi connectivity index (χ3v) is 1.97. The van der Waals surface area contributed by atoms with Gasteiger partial charge in [-0.2, -0.15) is 5.26 Å². The Bertz CT molecular complexity index is 464. The van der Waals surface area contributed by atoms with Crippen LogP contribution in [0.15, 0.2) is 28.3 Å². The number of rotatable bonds is 1. The predicted octanol–water partition coefficient (Wildman–Crippen LogP) is 0.537. The van der Waals surface area contributed by atoms with E-state index < -0.39 is 11.9 Å². The number of dihydropyridines is 1. The van der Waals surface area contributed by atoms with Gasteiger partial charge in [-0.3, -0.25) is 4.79 Å². The fourth-order valence-electron chi connectivity index (χ4n) is 1.15. The highest BCUT2D eigenvalue weighted by atomic mass is 16.5. The first-order chi connectivity index (χ1) is 7.02. The standard InChI is InChI=1S/C10H8N2O3/c1-5-6(2)12-9(13)7(4-11)8(5)10(14)15-3/h1H2,2-3H3. The van der Waals surface area contributed by atoms with Crippen molar-refractivity contribution in [3.63, 3.8) is 0 Å². The average Bonchev–Trinajstić information content (AvgIpc) is 2.21. The summed E-state index contributed by atoms with van der Waals surface area (Å²) in [6, 6.07) is 1.63. The van der Waals surface area contributed by atoms with Crippen LogP contribution < -0.4 is 0 Å². The lowest BCUT2D eigenvalue weighted by Crippen LogP contribution is -2.21. The van der Waals surface area contributed by atoms with Gasteiger partial charge >= 0.3 is 5.97 Å². The number of nitriles is 1. The Morgan fingerprint density at radius 1 is 1.60 bits per heavy atom. The van der Waals surface area contributed by atoms with Crippen molar-refractivity contribution in [2.24, 2.45) is 4.99 Å². The van der Waals surface area contributed by atoms with E-state index in [1.165, 1.54) is 14.0 Å². The molecule has 1 aliphatic rings. The van der Waals surface area contributed by atoms with Crippen LogP contribution >= 0.6 is 0 Å². The van der Waals surface area contributed by atoms with E-state index in [0.717, 1.165) is 0 Å². The van der Waals surface area contributed by atoms with Gasteiger partial charge < -0.3 is 4.74 Å². The van der Waals surface area contributed by atoms with Crippen LogP contribution in [0.4, 0.5) is 0 Å². The van der Waals surface area contributed by atoms with Crippen molar-refractivity contribution in [1.82, 2.24) is 0 Å². The summed E-state index contributed by atoms with van der Waals surface area (Å²) in [5, 5.41) is 8.73. The SMILES string of the molecule is C=C1C(C)=NC(=O)C(C#N)=C1C(=O)OC. The van der Waals surface area contributed by atoms with Crippen LogP contribution in [0, 0.1) is 11.3 Å². The molecule has 0 fully saturated rings. The lowest BCUT2D eigenvalue weighted by Gasteiger charge is -2.13. The zero-order valence-corrected chi connectivity index (χ0v) is 8.33. The highest BCUT2D eigenvalue weighted by Crippen LogP contribution is 2.22. The second-order valence-electron chi connectivity index (χ2n) is 2.83. The number of carbonyl (C=O) groups excluding carboxylic acids is 2. The van der Waals surface area contributed by atoms with Gasteiger partial charge in [0.15, 0.2) is 0 Å². The Labute approximate surface area is 86.4 Å². The highest BCUT2D eigenvalue weighted by molar-refractivity contribution is 6.23. The summed E-state index contributed by atoms with van der Waals surface area (Å²) in [6.07, 6.45) is 0. The van der Waals surface area contributed by atoms with E-state index in [0.29, 0.717) is 5.71 Å². The molecule has 1 amide bonds. The highest BCUT2D eigenvalue weighted by Gasteiger charge is 2.29. The Balaban J connectivity index is 3.39. The lowest BCUT2D eigenvalue weighted by atomic mass is 9.95. The van der Waals surface area contributed by atoms with E-state index in [-0.39, 0.29) is 16.7 Å². The molecule has 0 saturated heterocycles. The minimum atomic E-state index is -0.751. The summed E-state index contributed by atoms with van der Waals surface area (Å²) in [4.78, 5) is 26.2. The molecule has 76 valence electrons. The molecule has 0 aliphatic carbocycles. The molecule has 1 heterocycles. The Morgan fingerprint density at radius 3 is 2.67 bits per heavy atom. The largest absolute Gasteiger partial charge is 0.465 e. The molecular formula is C10H8N2O3. The topological polar surface area (TPSA) is 79.5 Å². The minimum absolute atomic E-state index is 0.0995. The van der Waals surface area contributed by atoms with Crippen molar-refractivity contribution in [1.29, 1.82) is 5.26 Å². The van der Waals surface area contributed by atoms with Crippen LogP contribution in [0.5, 0.6) is 0 Å². The van der Waals surface area contributed by atoms with Crippen molar-refractivity contribution in [2.45, 2.75) is 6.92 Å². The van der Waals surface area contributed by atoms with Gasteiger partial charge in [-0.25, -0.2) is 9.79 Å². The van der Waals surface area contributed by atoms with Crippen molar-refractivity contribution in [3.8, 4) is 6.07 Å². The molecule has 15 heavy (non-hydrogen) atoms. The van der Waals surface area contributed by atoms with Crippen LogP contribution in [0.2, 0.25) is 0 Å². The monoisotopic (exact) mass is 204 g/mol. The van der Waals surface area contributed by atoms with Crippen LogP contribution in [0.3, 0.4) is 0 Å². The van der Waals surface area contributed by atoms with Gasteiger partial charge in [0, 0.05) is 11.3 Å². The predicted molar refractivity (Wildman–Crippen MR) is 51.9 cm³/mol. The quantitative estimate of drug-likeness (QED) is 0.584. The Hall–Kier alpha value is -2.22. The second-order valence-corrected chi connectivity index (χ2v) is 2.83. The smallest absolute Gasteiger partial charge is 0.340 e. The summed E-state index contributed by atoms with van der Waals surface area (Å²) >= 11 is 0. The zero-order valence-electron chi connectivity index (χ0n) is 8.33. The number of amides is 1. The Kier molecular flexibility index (Phi) is 2.81. The molecule has 1 aliphatic heterocycles. The van der Waals surface area contributed by atoms with Crippen LogP contribution in [-0.2, 0) is 14.3 Å². The van der Waals surface area contributed by atoms with E-state index in [1.54, 1.807) is 6.07 Å². The van der Waals surface area contributed by atoms with Crippen molar-refractivity contribution < 1.29 is 14.3 Å². The van der Waals surface area contributed by atoms with E-state index in [2.05, 4.69) is 16.3 Å². The van der Waals surface area contributed by atoms with E-state index >= 15 is 0 Å². The number of methoxy groups -OCH3 is 1. The molecule has 5 heteroatoms. The van der Waals surface area contributed by atoms with Crippen molar-refractivity contribution in [2.75, 3.05) is 7.11 Å². The maximum atomic E-state index is 11.3. The first-order valence-corrected chi connectivity index (χ1v) is 4.04. The first-order valence-electron chi connectivity index (χ1n) is 4.04. The number of nitrogens with zero attached hydrogens (tertiary/aromatic N) is 2. The van der Waals surface area contributed by atoms with E-state index in [9.17, 15) is 9.59 Å². The third-order valence-electron chi connectivity index (χ3n) is 1.97. The van der Waals surface area contributed by atoms with Gasteiger partial charge in [-0.1, -0.05) is 6.58 Å². The van der Waals surface area contributed by atoms with Gasteiger partial charge in [0.1, 0.15) is 11.6 Å². The van der Waals surface area contributed by atoms with Gasteiger partial charge in [0.05, 0.1) is 12.7 Å². The fraction of sp³-hybridized carbons (Fsp3) is 0.200. The molecule has 0 atom stereocenters. The molecule has 5 nitrogen and oxygen atoms in total. The molecule has 0 N–H and O–H groups in total. The molecular weight excluding hydrogens is 196 g/mol. The molecule has 0 aromatic carbocycles. The lowest BCUT2D eigenvalue weighted by molar-refractivity contribution is -0.136. The van der Waals surface area contributed by atoms with E-state index in [4.69, 9.17) is 5.26 Å². The summed E-state index contributed by atoms with van der Waals surface area (Å²) in [5.41, 5.74) is 0.146. The van der Waals surface area contributed by atoms with Gasteiger partial charge in [-0.15, -0.1) is 0 Å². The summed E-state index contributed by atoms with van der Waals surface area (Å²) in [7, 11) is 1.17. The number of aliphatic imine (C=N–C) groups is 1. The first kappa shape index (κ1) is 10.9. The molecule has 0 spiro atoms. The van der Waals surface area contributed by atoms with Crippen LogP contribution in [0.1, 0.15) is 6.92 Å². The second kappa shape index (κ2) is 3.88. The Morgan fingerprint density at radius 2 is 2.20 bits per heavy atom. The van der Waals surface area contributed by atoms with Crippen LogP contribution in [0.25, 0.3) is 0 Å². The third kappa shape index (κ3) is 1.70. The van der Waals surface area contributed by atoms with Gasteiger partial charge in [0.2, 0.25) is 0 Å². The number of hydrogen-bond donors (Lipinski definition) is 0. The number of carbonyl (C=O) groups is 2. The average molecular weight is 204 g/mol. The maximum Gasteiger partial charge on any atom is 0.340 e. The summed E-state index contributed by atoms with van der Waals surface area (Å²) < 4.78 is 4.47.